The van der Waals surface area contributed by atoms with Crippen LogP contribution in [0.25, 0.3) is 1.43 Å². The lowest BCUT2D eigenvalue weighted by Crippen LogP contribution is -2.68. The molecule has 0 bridgehead atoms. The number of nitrogens with zero attached hydrogens (tertiary/aromatic N) is 1. The summed E-state index contributed by atoms with van der Waals surface area (Å²) in [5.74, 6) is 0. The van der Waals surface area contributed by atoms with Crippen LogP contribution in [-0.4, -0.2) is 78.1 Å². The second-order valence-corrected chi connectivity index (χ2v) is 25.1. The molecule has 38 heavy (non-hydrogen) atoms. The second kappa shape index (κ2) is 17.2. The predicted octanol–water partition coefficient (Wildman–Crippen LogP) is 7.34. The average Bonchev–Trinajstić information content (AvgIpc) is 2.96. The summed E-state index contributed by atoms with van der Waals surface area (Å²) < 4.78 is 44.9. The first-order chi connectivity index (χ1) is 18.6. The lowest BCUT2D eigenvalue weighted by molar-refractivity contribution is -0.498. The Morgan fingerprint density at radius 3 is 1.45 bits per heavy atom. The quantitative estimate of drug-likeness (QED) is 0.0466. The molecule has 0 unspecified atom stereocenters. The third kappa shape index (κ3) is 9.08. The predicted molar refractivity (Wildman–Crippen MR) is 163 cm³/mol. The van der Waals surface area contributed by atoms with Gasteiger partial charge < -0.3 is 22.6 Å². The summed E-state index contributed by atoms with van der Waals surface area (Å²) >= 11 is 0.556. The third-order valence-electron chi connectivity index (χ3n) is 9.30. The van der Waals surface area contributed by atoms with Crippen molar-refractivity contribution >= 4 is 37.3 Å². The van der Waals surface area contributed by atoms with Crippen LogP contribution < -0.4 is 0 Å². The van der Waals surface area contributed by atoms with Crippen molar-refractivity contribution < 1.29 is 31.7 Å². The largest absolute Gasteiger partial charge is 0.409 e. The highest BCUT2D eigenvalue weighted by Crippen LogP contribution is 2.39. The first-order valence-corrected chi connectivity index (χ1v) is 23.0. The highest BCUT2D eigenvalue weighted by atomic mass is 32.2. The zero-order valence-electron chi connectivity index (χ0n) is 26.3. The van der Waals surface area contributed by atoms with E-state index >= 15 is 0 Å². The van der Waals surface area contributed by atoms with E-state index in [4.69, 9.17) is 23.6 Å². The summed E-state index contributed by atoms with van der Waals surface area (Å²) in [4.78, 5) is 11.6. The molecule has 1 aliphatic rings. The van der Waals surface area contributed by atoms with Crippen LogP contribution >= 0.6 is 12.3 Å². The highest BCUT2D eigenvalue weighted by Gasteiger charge is 2.55. The van der Waals surface area contributed by atoms with Crippen LogP contribution in [0.15, 0.2) is 0 Å². The fourth-order valence-corrected chi connectivity index (χ4v) is 14.6. The molecule has 0 aromatic carbocycles. The zero-order valence-corrected chi connectivity index (χ0v) is 29.1. The second-order valence-electron chi connectivity index (χ2n) is 10.6. The van der Waals surface area contributed by atoms with Gasteiger partial charge in [0.1, 0.15) is 30.5 Å². The smallest absolute Gasteiger partial charge is 0.232 e. The van der Waals surface area contributed by atoms with Crippen molar-refractivity contribution in [3.8, 4) is 0 Å². The normalized spacial score (nSPS) is 25.4. The molecule has 0 spiro atoms. The highest BCUT2D eigenvalue weighted by molar-refractivity contribution is 7.88. The summed E-state index contributed by atoms with van der Waals surface area (Å²) in [6, 6.07) is 8.41. The maximum absolute atomic E-state index is 11.9. The van der Waals surface area contributed by atoms with Gasteiger partial charge in [0, 0.05) is 4.92 Å². The Kier molecular flexibility index (Phi) is 15.5. The summed E-state index contributed by atoms with van der Waals surface area (Å²) in [7, 11) is -6.56. The van der Waals surface area contributed by atoms with E-state index in [1.165, 1.54) is 0 Å². The van der Waals surface area contributed by atoms with Gasteiger partial charge >= 0.3 is 0 Å². The standard InChI is InChI=1S/C25H55NO8SSi3/c1-10-36(11-2,12-3)32-23-21(19-26(27)28)31-22(20-30-35-29)24(33-37(13-4,14-5)15-6)25(23)34-38(16-7,17-8)18-9/h21-25,29H,10-20H2,1-9H3/t21-,22+,23-,24-,25+/m0/s1/i/hT. The van der Waals surface area contributed by atoms with E-state index in [0.717, 1.165) is 54.4 Å². The molecular weight excluding hydrogens is 559 g/mol. The number of rotatable bonds is 21. The van der Waals surface area contributed by atoms with Gasteiger partial charge in [0.15, 0.2) is 37.3 Å². The molecule has 1 fully saturated rings. The van der Waals surface area contributed by atoms with Crippen LogP contribution in [-0.2, 0) is 22.2 Å². The molecule has 13 heteroatoms. The number of nitro groups is 1. The van der Waals surface area contributed by atoms with Gasteiger partial charge in [-0.3, -0.25) is 14.3 Å². The molecule has 0 radical (unpaired) electrons. The minimum absolute atomic E-state index is 0.0630. The van der Waals surface area contributed by atoms with Gasteiger partial charge in [0.25, 0.3) is 0 Å². The molecular formula is C25H55NO8SSi3. The molecule has 1 N–H and O–H groups in total. The molecule has 9 nitrogen and oxygen atoms in total. The van der Waals surface area contributed by atoms with Gasteiger partial charge in [-0.2, -0.15) is 0 Å². The van der Waals surface area contributed by atoms with E-state index in [1.807, 2.05) is 0 Å². The molecule has 0 aromatic rings. The molecule has 226 valence electrons. The van der Waals surface area contributed by atoms with E-state index in [1.54, 1.807) is 0 Å². The molecule has 0 aliphatic carbocycles. The maximum Gasteiger partial charge on any atom is 0.232 e. The fraction of sp³-hybridized carbons (Fsp3) is 1.00. The van der Waals surface area contributed by atoms with Crippen molar-refractivity contribution in [2.24, 2.45) is 0 Å². The summed E-state index contributed by atoms with van der Waals surface area (Å²) in [5.41, 5.74) is 0. The summed E-state index contributed by atoms with van der Waals surface area (Å²) in [6.45, 7) is 19.3. The first kappa shape index (κ1) is 34.4. The molecule has 1 saturated heterocycles. The molecule has 1 rings (SSSR count). The van der Waals surface area contributed by atoms with Gasteiger partial charge in [-0.25, -0.2) is 0 Å². The molecule has 0 saturated carbocycles. The maximum atomic E-state index is 11.9. The zero-order chi connectivity index (χ0) is 29.7. The van der Waals surface area contributed by atoms with E-state index in [9.17, 15) is 10.1 Å². The first-order valence-electron chi connectivity index (χ1n) is 15.2. The topological polar surface area (TPSA) is 110 Å². The molecule has 1 heterocycles. The molecule has 0 amide bonds. The van der Waals surface area contributed by atoms with Gasteiger partial charge in [-0.05, 0) is 54.4 Å². The van der Waals surface area contributed by atoms with Crippen molar-refractivity contribution in [3.05, 3.63) is 10.1 Å². The number of hydrogen-bond donors (Lipinski definition) is 1. The Balaban J connectivity index is 3.82. The van der Waals surface area contributed by atoms with Crippen molar-refractivity contribution in [1.29, 1.82) is 1.43 Å². The summed E-state index contributed by atoms with van der Waals surface area (Å²) in [6.07, 6.45) is -3.01. The lowest BCUT2D eigenvalue weighted by Gasteiger charge is -2.52. The van der Waals surface area contributed by atoms with E-state index in [-0.39, 0.29) is 18.1 Å². The van der Waals surface area contributed by atoms with E-state index in [2.05, 4.69) is 66.9 Å². The van der Waals surface area contributed by atoms with Crippen molar-refractivity contribution in [2.45, 2.75) is 147 Å². The average molecular weight is 616 g/mol. The van der Waals surface area contributed by atoms with Crippen LogP contribution in [0.2, 0.25) is 54.4 Å². The van der Waals surface area contributed by atoms with Crippen molar-refractivity contribution in [1.82, 2.24) is 0 Å². The molecule has 1 aliphatic heterocycles. The Morgan fingerprint density at radius 2 is 1.11 bits per heavy atom. The van der Waals surface area contributed by atoms with Crippen LogP contribution in [0.3, 0.4) is 0 Å². The van der Waals surface area contributed by atoms with Crippen LogP contribution in [0.5, 0.6) is 0 Å². The van der Waals surface area contributed by atoms with Crippen molar-refractivity contribution in [2.75, 3.05) is 13.2 Å². The van der Waals surface area contributed by atoms with Crippen molar-refractivity contribution in [3.63, 3.8) is 0 Å². The van der Waals surface area contributed by atoms with Gasteiger partial charge in [0.2, 0.25) is 7.98 Å². The Morgan fingerprint density at radius 1 is 0.737 bits per heavy atom. The summed E-state index contributed by atoms with van der Waals surface area (Å²) in [5, 5.41) is 11.9. The monoisotopic (exact) mass is 615 g/mol. The SMILES string of the molecule is [3H]OSOC[C@H]1O[C@@H](C[N+](=O)[O-])[C@H](O[Si](CC)(CC)CC)[C@@H](O[Si](CC)(CC)CC)[C@H]1O[Si](CC)(CC)CC. The minimum Gasteiger partial charge on any atom is -0.409 e. The van der Waals surface area contributed by atoms with Crippen LogP contribution in [0, 0.1) is 10.1 Å². The van der Waals surface area contributed by atoms with E-state index in [0.29, 0.717) is 12.3 Å². The number of ether oxygens (including phenoxy) is 1. The molecule has 5 atom stereocenters. The van der Waals surface area contributed by atoms with E-state index < -0.39 is 55.5 Å². The van der Waals surface area contributed by atoms with Gasteiger partial charge in [0.05, 0.1) is 6.61 Å². The number of hydrogen-bond acceptors (Lipinski definition) is 9. The lowest BCUT2D eigenvalue weighted by atomic mass is 9.95. The van der Waals surface area contributed by atoms with Gasteiger partial charge in [-0.1, -0.05) is 62.3 Å². The third-order valence-corrected chi connectivity index (χ3v) is 23.4. The van der Waals surface area contributed by atoms with Gasteiger partial charge in [-0.15, -0.1) is 0 Å². The Bertz CT molecular complexity index is 679. The molecule has 0 aromatic heterocycles. The van der Waals surface area contributed by atoms with Crippen LogP contribution in [0.1, 0.15) is 62.3 Å². The van der Waals surface area contributed by atoms with Crippen LogP contribution in [0.4, 0.5) is 0 Å². The fourth-order valence-electron chi connectivity index (χ4n) is 5.80. The Labute approximate surface area is 240 Å². The Hall–Kier alpha value is 0.161. The minimum atomic E-state index is -2.20.